The van der Waals surface area contributed by atoms with Gasteiger partial charge in [0.05, 0.1) is 22.9 Å². The number of likely N-dealkylation sites (tertiary alicyclic amines) is 1. The maximum absolute atomic E-state index is 13.1. The molecule has 1 saturated heterocycles. The number of carbonyl (C=O) groups is 3. The molecule has 16 heteroatoms. The molecule has 2 heterocycles. The molecule has 0 radical (unpaired) electrons. The number of tetrazole rings is 1. The number of H-pyrrole nitrogens is 1. The summed E-state index contributed by atoms with van der Waals surface area (Å²) < 4.78 is 29.6. The molecule has 290 valence electrons. The maximum atomic E-state index is 13.1. The van der Waals surface area contributed by atoms with Crippen molar-refractivity contribution in [3.63, 3.8) is 0 Å². The molecule has 3 amide bonds. The van der Waals surface area contributed by atoms with Crippen LogP contribution < -0.4 is 5.32 Å². The van der Waals surface area contributed by atoms with Crippen molar-refractivity contribution in [2.45, 2.75) is 68.3 Å². The average molecular weight is 770 g/mol. The van der Waals surface area contributed by atoms with Crippen LogP contribution in [0, 0.1) is 18.3 Å². The predicted octanol–water partition coefficient (Wildman–Crippen LogP) is 3.16. The molecule has 55 heavy (non-hydrogen) atoms. The predicted molar refractivity (Wildman–Crippen MR) is 204 cm³/mol. The summed E-state index contributed by atoms with van der Waals surface area (Å²) in [6.07, 6.45) is 3.26. The Labute approximate surface area is 321 Å². The number of carbonyl (C=O) groups excluding carboxylic acids is 3. The van der Waals surface area contributed by atoms with Crippen molar-refractivity contribution in [2.75, 3.05) is 41.3 Å². The molecule has 0 bridgehead atoms. The molecule has 1 aliphatic heterocycles. The topological polar surface area (TPSA) is 206 Å². The van der Waals surface area contributed by atoms with Gasteiger partial charge in [-0.25, -0.2) is 0 Å². The molecule has 0 saturated carbocycles. The first-order chi connectivity index (χ1) is 26.1. The molecule has 1 aromatic heterocycles. The maximum Gasteiger partial charge on any atom is 0.294 e. The number of aryl methyl sites for hydroxylation is 3. The van der Waals surface area contributed by atoms with Crippen LogP contribution in [0.4, 0.5) is 0 Å². The summed E-state index contributed by atoms with van der Waals surface area (Å²) in [4.78, 5) is 43.7. The molecule has 15 nitrogen and oxygen atoms in total. The number of nitrogens with one attached hydrogen (secondary N) is 2. The van der Waals surface area contributed by atoms with Crippen LogP contribution in [0.15, 0.2) is 65.6 Å². The van der Waals surface area contributed by atoms with Gasteiger partial charge < -0.3 is 20.0 Å². The lowest BCUT2D eigenvalue weighted by Gasteiger charge is -2.36. The lowest BCUT2D eigenvalue weighted by atomic mass is 9.67. The molecule has 1 aliphatic carbocycles. The minimum atomic E-state index is -4.02. The number of amides is 3. The Morgan fingerprint density at radius 3 is 2.02 bits per heavy atom. The molecule has 2 atom stereocenters. The van der Waals surface area contributed by atoms with Crippen LogP contribution in [-0.2, 0) is 33.2 Å². The normalized spacial score (nSPS) is 16.3. The van der Waals surface area contributed by atoms with Gasteiger partial charge in [-0.2, -0.15) is 18.9 Å². The SMILES string of the molecule is C[C@@H](CC1(c2nn[nH]n2)c2ccc(C(=O)N(C)C)cc2CCc2cc(C(=O)N(C)C)ccc21)NCC(=O)N1CCC[C@H]1C#N.Cc1ccc(S(=O)(=O)O)cc1. The summed E-state index contributed by atoms with van der Waals surface area (Å²) in [6.45, 7) is 4.53. The Morgan fingerprint density at radius 2 is 1.55 bits per heavy atom. The Balaban J connectivity index is 0.000000454. The van der Waals surface area contributed by atoms with E-state index in [0.717, 1.165) is 34.2 Å². The van der Waals surface area contributed by atoms with E-state index in [1.165, 1.54) is 12.1 Å². The van der Waals surface area contributed by atoms with Crippen molar-refractivity contribution in [3.05, 3.63) is 105 Å². The molecule has 2 aliphatic rings. The van der Waals surface area contributed by atoms with Crippen LogP contribution in [0.1, 0.15) is 80.5 Å². The lowest BCUT2D eigenvalue weighted by Crippen LogP contribution is -2.45. The van der Waals surface area contributed by atoms with Crippen molar-refractivity contribution < 1.29 is 27.4 Å². The molecule has 0 unspecified atom stereocenters. The van der Waals surface area contributed by atoms with Crippen LogP contribution in [-0.4, -0.2) is 119 Å². The summed E-state index contributed by atoms with van der Waals surface area (Å²) in [6, 6.07) is 19.2. The summed E-state index contributed by atoms with van der Waals surface area (Å²) in [5.41, 5.74) is 5.07. The summed E-state index contributed by atoms with van der Waals surface area (Å²) in [7, 11) is 2.89. The minimum absolute atomic E-state index is 0.0666. The molecule has 6 rings (SSSR count). The summed E-state index contributed by atoms with van der Waals surface area (Å²) in [5, 5.41) is 28.5. The largest absolute Gasteiger partial charge is 0.345 e. The van der Waals surface area contributed by atoms with Crippen molar-refractivity contribution >= 4 is 27.8 Å². The van der Waals surface area contributed by atoms with E-state index < -0.39 is 15.5 Å². The Kier molecular flexibility index (Phi) is 12.5. The van der Waals surface area contributed by atoms with Crippen molar-refractivity contribution in [2.24, 2.45) is 0 Å². The number of aromatic nitrogens is 4. The van der Waals surface area contributed by atoms with Gasteiger partial charge >= 0.3 is 0 Å². The van der Waals surface area contributed by atoms with Crippen LogP contribution in [0.3, 0.4) is 0 Å². The average Bonchev–Trinajstić information content (AvgIpc) is 3.86. The third kappa shape index (κ3) is 8.91. The molecule has 1 fully saturated rings. The number of nitrogens with zero attached hydrogens (tertiary/aromatic N) is 7. The number of hydrogen-bond donors (Lipinski definition) is 3. The third-order valence-corrected chi connectivity index (χ3v) is 11.0. The summed E-state index contributed by atoms with van der Waals surface area (Å²) >= 11 is 0. The van der Waals surface area contributed by atoms with Crippen LogP contribution in [0.2, 0.25) is 0 Å². The quantitative estimate of drug-likeness (QED) is 0.211. The molecule has 3 aromatic carbocycles. The zero-order chi connectivity index (χ0) is 40.1. The second-order valence-electron chi connectivity index (χ2n) is 14.4. The van der Waals surface area contributed by atoms with Crippen molar-refractivity contribution in [1.29, 1.82) is 5.26 Å². The number of aromatic amines is 1. The van der Waals surface area contributed by atoms with Gasteiger partial charge in [-0.3, -0.25) is 18.9 Å². The van der Waals surface area contributed by atoms with Crippen molar-refractivity contribution in [1.82, 2.24) is 40.6 Å². The van der Waals surface area contributed by atoms with E-state index in [9.17, 15) is 28.1 Å². The monoisotopic (exact) mass is 769 g/mol. The number of benzene rings is 3. The van der Waals surface area contributed by atoms with Crippen LogP contribution in [0.5, 0.6) is 0 Å². The first kappa shape index (κ1) is 40.7. The highest BCUT2D eigenvalue weighted by atomic mass is 32.2. The Bertz CT molecular complexity index is 2110. The smallest absolute Gasteiger partial charge is 0.294 e. The fourth-order valence-corrected chi connectivity index (χ4v) is 7.81. The van der Waals surface area contributed by atoms with E-state index >= 15 is 0 Å². The van der Waals surface area contributed by atoms with Gasteiger partial charge in [0, 0.05) is 51.9 Å². The van der Waals surface area contributed by atoms with Gasteiger partial charge in [-0.15, -0.1) is 10.2 Å². The fraction of sp³-hybridized carbons (Fsp3) is 0.410. The fourth-order valence-electron chi connectivity index (χ4n) is 7.33. The molecular formula is C39H47N9O6S. The number of hydrogen-bond acceptors (Lipinski definition) is 10. The zero-order valence-corrected chi connectivity index (χ0v) is 32.7. The second-order valence-corrected chi connectivity index (χ2v) is 15.9. The molecule has 3 N–H and O–H groups in total. The number of fused-ring (bicyclic) bond motifs is 2. The third-order valence-electron chi connectivity index (χ3n) is 10.1. The highest BCUT2D eigenvalue weighted by molar-refractivity contribution is 7.85. The van der Waals surface area contributed by atoms with Gasteiger partial charge in [0.2, 0.25) is 5.91 Å². The second kappa shape index (κ2) is 16.9. The van der Waals surface area contributed by atoms with E-state index in [1.54, 1.807) is 55.0 Å². The van der Waals surface area contributed by atoms with Crippen LogP contribution >= 0.6 is 0 Å². The van der Waals surface area contributed by atoms with Crippen LogP contribution in [0.25, 0.3) is 0 Å². The first-order valence-electron chi connectivity index (χ1n) is 18.0. The lowest BCUT2D eigenvalue weighted by molar-refractivity contribution is -0.130. The van der Waals surface area contributed by atoms with Gasteiger partial charge in [0.25, 0.3) is 21.9 Å². The van der Waals surface area contributed by atoms with Gasteiger partial charge in [-0.1, -0.05) is 35.0 Å². The minimum Gasteiger partial charge on any atom is -0.345 e. The van der Waals surface area contributed by atoms with Gasteiger partial charge in [0.1, 0.15) is 6.04 Å². The van der Waals surface area contributed by atoms with E-state index in [4.69, 9.17) is 4.55 Å². The first-order valence-corrected chi connectivity index (χ1v) is 19.4. The summed E-state index contributed by atoms with van der Waals surface area (Å²) in [5.74, 6) is 0.175. The highest BCUT2D eigenvalue weighted by Gasteiger charge is 2.46. The number of rotatable bonds is 9. The van der Waals surface area contributed by atoms with Crippen molar-refractivity contribution in [3.8, 4) is 6.07 Å². The number of nitriles is 1. The molecular weight excluding hydrogens is 723 g/mol. The van der Waals surface area contributed by atoms with Gasteiger partial charge in [-0.05, 0) is 105 Å². The zero-order valence-electron chi connectivity index (χ0n) is 31.9. The Morgan fingerprint density at radius 1 is 0.982 bits per heavy atom. The van der Waals surface area contributed by atoms with E-state index in [2.05, 4.69) is 32.0 Å². The van der Waals surface area contributed by atoms with E-state index in [0.29, 0.717) is 49.2 Å². The van der Waals surface area contributed by atoms with E-state index in [-0.39, 0.29) is 41.2 Å². The van der Waals surface area contributed by atoms with E-state index in [1.807, 2.05) is 50.2 Å². The molecule has 0 spiro atoms. The molecule has 4 aromatic rings. The highest BCUT2D eigenvalue weighted by Crippen LogP contribution is 2.47. The van der Waals surface area contributed by atoms with Gasteiger partial charge in [0.15, 0.2) is 5.82 Å². The Hall–Kier alpha value is -5.50. The standard InChI is InChI=1S/C32H39N9O3.C7H8O3S/c1-20(34-19-28(42)41-14-6-7-25(41)18-33)17-32(31-35-37-38-36-31)26-12-10-23(29(43)39(2)3)15-21(26)8-9-22-16-24(11-13-27(22)32)30(44)40(4)5;1-6-2-4-7(5-3-6)11(8,9)10/h10-13,15-16,20,25,34H,6-9,14,17,19H2,1-5H3,(H,35,36,37,38);2-5H,1H3,(H,8,9,10)/t20-,25-;/m0./s1.